The summed E-state index contributed by atoms with van der Waals surface area (Å²) >= 11 is 5.47. The number of hydrogen-bond donors (Lipinski definition) is 1. The Bertz CT molecular complexity index is 1410. The number of rotatable bonds is 4. The average molecular weight is 457 g/mol. The Labute approximate surface area is 196 Å². The highest BCUT2D eigenvalue weighted by atomic mass is 32.1. The molecule has 2 heterocycles. The van der Waals surface area contributed by atoms with Crippen molar-refractivity contribution in [3.8, 4) is 0 Å². The lowest BCUT2D eigenvalue weighted by Gasteiger charge is -2.36. The number of amides is 1. The quantitative estimate of drug-likeness (QED) is 0.471. The lowest BCUT2D eigenvalue weighted by atomic mass is 10.1. The van der Waals surface area contributed by atoms with Crippen molar-refractivity contribution in [3.05, 3.63) is 105 Å². The molecule has 0 bridgehead atoms. The van der Waals surface area contributed by atoms with Crippen LogP contribution < -0.4 is 10.5 Å². The van der Waals surface area contributed by atoms with Gasteiger partial charge in [-0.2, -0.15) is 0 Å². The van der Waals surface area contributed by atoms with Gasteiger partial charge in [0.15, 0.2) is 4.77 Å². The second-order valence-electron chi connectivity index (χ2n) is 8.18. The number of carbonyl (C=O) groups excluding carboxylic acids is 1. The molecule has 0 saturated carbocycles. The Kier molecular flexibility index (Phi) is 5.79. The van der Waals surface area contributed by atoms with Gasteiger partial charge < -0.3 is 14.8 Å². The van der Waals surface area contributed by atoms with E-state index in [4.69, 9.17) is 12.2 Å². The zero-order chi connectivity index (χ0) is 22.8. The van der Waals surface area contributed by atoms with E-state index >= 15 is 0 Å². The maximum absolute atomic E-state index is 13.1. The van der Waals surface area contributed by atoms with Crippen molar-refractivity contribution in [3.63, 3.8) is 0 Å². The molecule has 0 atom stereocenters. The third-order valence-electron chi connectivity index (χ3n) is 6.10. The summed E-state index contributed by atoms with van der Waals surface area (Å²) in [5.41, 5.74) is 3.16. The van der Waals surface area contributed by atoms with Crippen LogP contribution in [-0.2, 0) is 6.54 Å². The van der Waals surface area contributed by atoms with Crippen molar-refractivity contribution in [2.45, 2.75) is 6.54 Å². The van der Waals surface area contributed by atoms with Gasteiger partial charge in [-0.15, -0.1) is 0 Å². The molecule has 1 aliphatic heterocycles. The second kappa shape index (κ2) is 9.03. The van der Waals surface area contributed by atoms with Gasteiger partial charge in [-0.05, 0) is 48.1 Å². The maximum atomic E-state index is 13.1. The number of piperazine rings is 1. The largest absolute Gasteiger partial charge is 0.368 e. The van der Waals surface area contributed by atoms with Gasteiger partial charge in [0.05, 0.1) is 17.4 Å². The van der Waals surface area contributed by atoms with Crippen LogP contribution in [0.15, 0.2) is 83.7 Å². The van der Waals surface area contributed by atoms with Gasteiger partial charge in [0.1, 0.15) is 0 Å². The Balaban J connectivity index is 1.36. The lowest BCUT2D eigenvalue weighted by molar-refractivity contribution is 0.0747. The summed E-state index contributed by atoms with van der Waals surface area (Å²) in [6.45, 7) is 3.28. The lowest BCUT2D eigenvalue weighted by Crippen LogP contribution is -2.48. The van der Waals surface area contributed by atoms with Gasteiger partial charge in [0.2, 0.25) is 0 Å². The molecule has 0 unspecified atom stereocenters. The van der Waals surface area contributed by atoms with Gasteiger partial charge >= 0.3 is 0 Å². The number of benzene rings is 3. The fourth-order valence-electron chi connectivity index (χ4n) is 4.29. The number of aromatic nitrogens is 2. The van der Waals surface area contributed by atoms with Crippen LogP contribution in [-0.4, -0.2) is 46.5 Å². The summed E-state index contributed by atoms with van der Waals surface area (Å²) in [6.07, 6.45) is 0. The van der Waals surface area contributed by atoms with Crippen LogP contribution in [0.2, 0.25) is 0 Å². The van der Waals surface area contributed by atoms with Crippen molar-refractivity contribution >= 4 is 34.7 Å². The highest BCUT2D eigenvalue weighted by Gasteiger charge is 2.22. The first-order chi connectivity index (χ1) is 16.1. The maximum Gasteiger partial charge on any atom is 0.262 e. The van der Waals surface area contributed by atoms with E-state index in [1.807, 2.05) is 53.4 Å². The molecule has 4 aromatic rings. The predicted octanol–water partition coefficient (Wildman–Crippen LogP) is 4.07. The minimum absolute atomic E-state index is 0.0302. The smallest absolute Gasteiger partial charge is 0.262 e. The van der Waals surface area contributed by atoms with Crippen molar-refractivity contribution in [1.82, 2.24) is 14.5 Å². The third kappa shape index (κ3) is 4.32. The Morgan fingerprint density at radius 1 is 0.879 bits per heavy atom. The molecule has 1 saturated heterocycles. The van der Waals surface area contributed by atoms with Crippen LogP contribution >= 0.6 is 12.2 Å². The van der Waals surface area contributed by atoms with Gasteiger partial charge in [-0.25, -0.2) is 0 Å². The van der Waals surface area contributed by atoms with Gasteiger partial charge in [-0.1, -0.05) is 48.5 Å². The molecule has 1 N–H and O–H groups in total. The molecule has 7 heteroatoms. The zero-order valence-corrected chi connectivity index (χ0v) is 18.9. The first kappa shape index (κ1) is 21.2. The van der Waals surface area contributed by atoms with E-state index in [2.05, 4.69) is 22.0 Å². The van der Waals surface area contributed by atoms with Gasteiger partial charge in [-0.3, -0.25) is 14.2 Å². The highest BCUT2D eigenvalue weighted by Crippen LogP contribution is 2.18. The van der Waals surface area contributed by atoms with E-state index in [0.717, 1.165) is 18.7 Å². The molecule has 3 aromatic carbocycles. The van der Waals surface area contributed by atoms with E-state index < -0.39 is 0 Å². The van der Waals surface area contributed by atoms with E-state index in [9.17, 15) is 9.59 Å². The number of hydrogen-bond acceptors (Lipinski definition) is 4. The molecule has 0 aliphatic carbocycles. The molecule has 166 valence electrons. The minimum atomic E-state index is -0.159. The summed E-state index contributed by atoms with van der Waals surface area (Å²) < 4.78 is 1.90. The summed E-state index contributed by atoms with van der Waals surface area (Å²) in [5, 5.41) is 0.518. The summed E-state index contributed by atoms with van der Waals surface area (Å²) in [5.74, 6) is -0.0302. The topological polar surface area (TPSA) is 61.3 Å². The SMILES string of the molecule is O=C(c1ccc2c(=O)n(Cc3ccccc3)c(=S)[nH]c2c1)N1CCN(c2ccccc2)CC1. The summed E-state index contributed by atoms with van der Waals surface area (Å²) in [6, 6.07) is 25.2. The first-order valence-corrected chi connectivity index (χ1v) is 11.4. The fraction of sp³-hybridized carbons (Fsp3) is 0.192. The highest BCUT2D eigenvalue weighted by molar-refractivity contribution is 7.71. The van der Waals surface area contributed by atoms with E-state index in [1.165, 1.54) is 5.69 Å². The van der Waals surface area contributed by atoms with Crippen LogP contribution in [0.3, 0.4) is 0 Å². The Hall–Kier alpha value is -3.71. The molecule has 1 amide bonds. The Morgan fingerprint density at radius 2 is 1.55 bits per heavy atom. The summed E-state index contributed by atoms with van der Waals surface area (Å²) in [4.78, 5) is 33.5. The second-order valence-corrected chi connectivity index (χ2v) is 8.57. The molecule has 0 radical (unpaired) electrons. The average Bonchev–Trinajstić information content (AvgIpc) is 2.87. The summed E-state index contributed by atoms with van der Waals surface area (Å²) in [7, 11) is 0. The third-order valence-corrected chi connectivity index (χ3v) is 6.42. The van der Waals surface area contributed by atoms with Crippen LogP contribution in [0.1, 0.15) is 15.9 Å². The van der Waals surface area contributed by atoms with Gasteiger partial charge in [0, 0.05) is 37.4 Å². The van der Waals surface area contributed by atoms with Crippen molar-refractivity contribution < 1.29 is 4.79 Å². The predicted molar refractivity (Wildman–Crippen MR) is 133 cm³/mol. The number of carbonyl (C=O) groups is 1. The first-order valence-electron chi connectivity index (χ1n) is 11.0. The molecule has 6 nitrogen and oxygen atoms in total. The van der Waals surface area contributed by atoms with E-state index in [1.54, 1.807) is 22.8 Å². The van der Waals surface area contributed by atoms with Crippen LogP contribution in [0, 0.1) is 4.77 Å². The number of fused-ring (bicyclic) bond motifs is 1. The molecule has 1 aliphatic rings. The molecular weight excluding hydrogens is 432 g/mol. The van der Waals surface area contributed by atoms with Gasteiger partial charge in [0.25, 0.3) is 11.5 Å². The Morgan fingerprint density at radius 3 is 2.24 bits per heavy atom. The normalized spacial score (nSPS) is 13.9. The number of H-pyrrole nitrogens is 1. The fourth-order valence-corrected chi connectivity index (χ4v) is 4.54. The molecular formula is C26H24N4O2S. The number of nitrogens with zero attached hydrogens (tertiary/aromatic N) is 3. The monoisotopic (exact) mass is 456 g/mol. The minimum Gasteiger partial charge on any atom is -0.368 e. The van der Waals surface area contributed by atoms with Crippen LogP contribution in [0.4, 0.5) is 5.69 Å². The van der Waals surface area contributed by atoms with Crippen LogP contribution in [0.25, 0.3) is 10.9 Å². The molecule has 0 spiro atoms. The van der Waals surface area contributed by atoms with Crippen molar-refractivity contribution in [2.24, 2.45) is 0 Å². The van der Waals surface area contributed by atoms with Crippen LogP contribution in [0.5, 0.6) is 0 Å². The molecule has 1 aromatic heterocycles. The standard InChI is InChI=1S/C26H24N4O2S/c31-24(29-15-13-28(14-16-29)21-9-5-2-6-10-21)20-11-12-22-23(17-20)27-26(33)30(25(22)32)18-19-7-3-1-4-8-19/h1-12,17H,13-16,18H2,(H,27,33). The van der Waals surface area contributed by atoms with E-state index in [0.29, 0.717) is 40.9 Å². The number of nitrogens with one attached hydrogen (secondary N) is 1. The molecule has 1 fully saturated rings. The molecule has 5 rings (SSSR count). The molecule has 33 heavy (non-hydrogen) atoms. The number of para-hydroxylation sites is 1. The number of anilines is 1. The number of aromatic amines is 1. The van der Waals surface area contributed by atoms with Crippen molar-refractivity contribution in [1.29, 1.82) is 0 Å². The zero-order valence-electron chi connectivity index (χ0n) is 18.1. The van der Waals surface area contributed by atoms with Crippen molar-refractivity contribution in [2.75, 3.05) is 31.1 Å². The van der Waals surface area contributed by atoms with E-state index in [-0.39, 0.29) is 11.5 Å².